The fraction of sp³-hybridized carbons (Fsp3) is 0.565. The molecule has 0 aliphatic carbocycles. The van der Waals surface area contributed by atoms with E-state index in [0.29, 0.717) is 6.42 Å². The maximum Gasteiger partial charge on any atom is 0.414 e. The summed E-state index contributed by atoms with van der Waals surface area (Å²) in [6, 6.07) is 2.51. The van der Waals surface area contributed by atoms with E-state index in [0.717, 1.165) is 6.07 Å². The van der Waals surface area contributed by atoms with E-state index in [4.69, 9.17) is 30.2 Å². The molecule has 38 heavy (non-hydrogen) atoms. The number of likely N-dealkylation sites (tertiary alicyclic amines) is 1. The molecule has 0 spiro atoms. The number of nitrogens with zero attached hydrogens (tertiary/aromatic N) is 3. The Morgan fingerprint density at radius 2 is 1.92 bits per heavy atom. The van der Waals surface area contributed by atoms with Gasteiger partial charge in [-0.15, -0.1) is 5.10 Å². The van der Waals surface area contributed by atoms with Gasteiger partial charge in [-0.2, -0.15) is 13.2 Å². The lowest BCUT2D eigenvalue weighted by molar-refractivity contribution is -0.140. The van der Waals surface area contributed by atoms with E-state index >= 15 is 0 Å². The van der Waals surface area contributed by atoms with E-state index in [9.17, 15) is 27.2 Å². The molecule has 15 heteroatoms. The van der Waals surface area contributed by atoms with Crippen LogP contribution < -0.4 is 14.8 Å². The van der Waals surface area contributed by atoms with Crippen molar-refractivity contribution in [2.45, 2.75) is 63.9 Å². The van der Waals surface area contributed by atoms with Crippen LogP contribution >= 0.6 is 11.6 Å². The first kappa shape index (κ1) is 29.3. The largest absolute Gasteiger partial charge is 0.484 e. The van der Waals surface area contributed by atoms with Crippen LogP contribution in [-0.2, 0) is 9.53 Å². The summed E-state index contributed by atoms with van der Waals surface area (Å²) in [6.45, 7) is 3.94. The second-order valence-corrected chi connectivity index (χ2v) is 9.88. The SMILES string of the molecule is CC(C)(C)OC(=O)N1C[C@@H](NC(=O)COc2ccc(Cl)c(F)c2)CC[C@@H]1c1nnc(OCCC(F)(F)F)o1. The molecule has 1 saturated heterocycles. The standard InChI is InChI=1S/C23H27ClF4N4O6/c1-22(2,3)38-21(34)32-11-13(29-18(33)12-36-14-5-6-15(24)16(25)10-14)4-7-17(32)19-30-31-20(37-19)35-9-8-23(26,27)28/h5-6,10,13,17H,4,7-9,11-12H2,1-3H3,(H,29,33)/t13-,17+/m0/s1. The first-order valence-corrected chi connectivity index (χ1v) is 12.0. The number of amides is 2. The molecule has 1 aliphatic rings. The predicted octanol–water partition coefficient (Wildman–Crippen LogP) is 4.83. The Morgan fingerprint density at radius 3 is 2.58 bits per heavy atom. The minimum atomic E-state index is -4.41. The van der Waals surface area contributed by atoms with Gasteiger partial charge in [0.05, 0.1) is 11.4 Å². The number of carbonyl (C=O) groups is 2. The van der Waals surface area contributed by atoms with Crippen molar-refractivity contribution in [1.82, 2.24) is 20.4 Å². The van der Waals surface area contributed by atoms with Gasteiger partial charge in [-0.3, -0.25) is 9.69 Å². The third kappa shape index (κ3) is 8.92. The smallest absolute Gasteiger partial charge is 0.414 e. The average molecular weight is 567 g/mol. The summed E-state index contributed by atoms with van der Waals surface area (Å²) in [5.41, 5.74) is -0.833. The Bertz CT molecular complexity index is 1120. The molecule has 0 unspecified atom stereocenters. The highest BCUT2D eigenvalue weighted by Crippen LogP contribution is 2.33. The molecule has 3 rings (SSSR count). The molecular formula is C23H27ClF4N4O6. The summed E-state index contributed by atoms with van der Waals surface area (Å²) in [5.74, 6) is -1.13. The number of ether oxygens (including phenoxy) is 3. The zero-order valence-corrected chi connectivity index (χ0v) is 21.6. The van der Waals surface area contributed by atoms with Crippen molar-refractivity contribution >= 4 is 23.6 Å². The van der Waals surface area contributed by atoms with E-state index in [1.807, 2.05) is 0 Å². The van der Waals surface area contributed by atoms with Crippen molar-refractivity contribution in [2.75, 3.05) is 19.8 Å². The topological polar surface area (TPSA) is 116 Å². The molecule has 2 aromatic rings. The quantitative estimate of drug-likeness (QED) is 0.452. The highest BCUT2D eigenvalue weighted by Gasteiger charge is 2.39. The zero-order valence-electron chi connectivity index (χ0n) is 20.8. The second-order valence-electron chi connectivity index (χ2n) is 9.47. The third-order valence-electron chi connectivity index (χ3n) is 5.15. The van der Waals surface area contributed by atoms with E-state index in [1.165, 1.54) is 17.0 Å². The van der Waals surface area contributed by atoms with Crippen LogP contribution in [0.1, 0.15) is 52.0 Å². The summed E-state index contributed by atoms with van der Waals surface area (Å²) in [5, 5.41) is 10.1. The minimum Gasteiger partial charge on any atom is -0.484 e. The lowest BCUT2D eigenvalue weighted by Crippen LogP contribution is -2.52. The van der Waals surface area contributed by atoms with E-state index in [2.05, 4.69) is 15.5 Å². The monoisotopic (exact) mass is 566 g/mol. The molecule has 1 aromatic heterocycles. The molecule has 210 valence electrons. The number of alkyl halides is 3. The van der Waals surface area contributed by atoms with Crippen LogP contribution in [0.15, 0.2) is 22.6 Å². The number of nitrogens with one attached hydrogen (secondary N) is 1. The van der Waals surface area contributed by atoms with Gasteiger partial charge in [-0.05, 0) is 45.7 Å². The van der Waals surface area contributed by atoms with E-state index in [1.54, 1.807) is 20.8 Å². The first-order valence-electron chi connectivity index (χ1n) is 11.6. The minimum absolute atomic E-state index is 0.00748. The van der Waals surface area contributed by atoms with E-state index in [-0.39, 0.29) is 29.6 Å². The van der Waals surface area contributed by atoms with E-state index < -0.39 is 67.4 Å². The van der Waals surface area contributed by atoms with Gasteiger partial charge in [0.2, 0.25) is 5.89 Å². The van der Waals surface area contributed by atoms with Crippen molar-refractivity contribution in [3.8, 4) is 11.8 Å². The maximum atomic E-state index is 13.6. The summed E-state index contributed by atoms with van der Waals surface area (Å²) in [6.07, 6.45) is -6.13. The Labute approximate surface area is 220 Å². The molecule has 1 aliphatic heterocycles. The van der Waals surface area contributed by atoms with Gasteiger partial charge in [-0.25, -0.2) is 9.18 Å². The van der Waals surface area contributed by atoms with Crippen LogP contribution in [0, 0.1) is 5.82 Å². The normalized spacial score (nSPS) is 18.2. The third-order valence-corrected chi connectivity index (χ3v) is 5.46. The molecule has 1 aromatic carbocycles. The maximum absolute atomic E-state index is 13.6. The summed E-state index contributed by atoms with van der Waals surface area (Å²) >= 11 is 5.63. The summed E-state index contributed by atoms with van der Waals surface area (Å²) < 4.78 is 71.7. The van der Waals surface area contributed by atoms with Gasteiger partial charge >= 0.3 is 18.3 Å². The van der Waals surface area contributed by atoms with Crippen molar-refractivity contribution < 1.29 is 45.8 Å². The van der Waals surface area contributed by atoms with Gasteiger partial charge in [-0.1, -0.05) is 16.7 Å². The number of rotatable bonds is 8. The van der Waals surface area contributed by atoms with Crippen LogP contribution in [0.2, 0.25) is 5.02 Å². The summed E-state index contributed by atoms with van der Waals surface area (Å²) in [4.78, 5) is 26.7. The molecule has 2 atom stereocenters. The molecule has 0 saturated carbocycles. The molecule has 2 amide bonds. The fourth-order valence-corrected chi connectivity index (χ4v) is 3.64. The Kier molecular flexibility index (Phi) is 9.28. The fourth-order valence-electron chi connectivity index (χ4n) is 3.52. The first-order chi connectivity index (χ1) is 17.7. The molecule has 0 radical (unpaired) electrons. The van der Waals surface area contributed by atoms with Crippen LogP contribution in [0.25, 0.3) is 0 Å². The molecule has 2 heterocycles. The highest BCUT2D eigenvalue weighted by molar-refractivity contribution is 6.30. The number of hydrogen-bond donors (Lipinski definition) is 1. The molecule has 10 nitrogen and oxygen atoms in total. The Hall–Kier alpha value is -3.29. The lowest BCUT2D eigenvalue weighted by atomic mass is 9.98. The average Bonchev–Trinajstić information content (AvgIpc) is 3.26. The van der Waals surface area contributed by atoms with Crippen molar-refractivity contribution in [3.63, 3.8) is 0 Å². The zero-order chi connectivity index (χ0) is 28.1. The molecule has 0 bridgehead atoms. The van der Waals surface area contributed by atoms with Crippen LogP contribution in [-0.4, -0.2) is 64.7 Å². The van der Waals surface area contributed by atoms with Crippen molar-refractivity contribution in [2.24, 2.45) is 0 Å². The molecule has 1 fully saturated rings. The highest BCUT2D eigenvalue weighted by atomic mass is 35.5. The van der Waals surface area contributed by atoms with Crippen molar-refractivity contribution in [1.29, 1.82) is 0 Å². The number of piperidine rings is 1. The van der Waals surface area contributed by atoms with Crippen LogP contribution in [0.5, 0.6) is 11.8 Å². The molecular weight excluding hydrogens is 540 g/mol. The van der Waals surface area contributed by atoms with Crippen LogP contribution in [0.3, 0.4) is 0 Å². The van der Waals surface area contributed by atoms with Gasteiger partial charge in [0.25, 0.3) is 5.91 Å². The summed E-state index contributed by atoms with van der Waals surface area (Å²) in [7, 11) is 0. The number of carbonyl (C=O) groups excluding carboxylic acids is 2. The molecule has 1 N–H and O–H groups in total. The Morgan fingerprint density at radius 1 is 1.18 bits per heavy atom. The number of aromatic nitrogens is 2. The van der Waals surface area contributed by atoms with Gasteiger partial charge in [0.1, 0.15) is 29.8 Å². The predicted molar refractivity (Wildman–Crippen MR) is 124 cm³/mol. The lowest BCUT2D eigenvalue weighted by Gasteiger charge is -2.38. The van der Waals surface area contributed by atoms with Gasteiger partial charge < -0.3 is 23.9 Å². The van der Waals surface area contributed by atoms with Crippen molar-refractivity contribution in [3.05, 3.63) is 34.9 Å². The number of halogens is 5. The number of benzene rings is 1. The van der Waals surface area contributed by atoms with Crippen LogP contribution in [0.4, 0.5) is 22.4 Å². The van der Waals surface area contributed by atoms with Gasteiger partial charge in [0, 0.05) is 18.7 Å². The van der Waals surface area contributed by atoms with Gasteiger partial charge in [0.15, 0.2) is 6.61 Å². The Balaban J connectivity index is 1.63. The number of hydrogen-bond acceptors (Lipinski definition) is 8. The second kappa shape index (κ2) is 12.0.